The largest absolute Gasteiger partial charge is 0.394 e. The molecule has 8 fully saturated rings. The Morgan fingerprint density at radius 3 is 0.425 bits per heavy atom. The number of rotatable bonds is 27. The van der Waals surface area contributed by atoms with E-state index in [0.29, 0.717) is 19.8 Å². The maximum absolute atomic E-state index is 9.62. The first-order valence-corrected chi connectivity index (χ1v) is 39.9. The summed E-state index contributed by atoms with van der Waals surface area (Å²) >= 11 is 0. The fourth-order valence-corrected chi connectivity index (χ4v) is 11.5. The molecule has 8 aliphatic heterocycles. The molecule has 0 bridgehead atoms. The summed E-state index contributed by atoms with van der Waals surface area (Å²) in [4.78, 5) is 0. The van der Waals surface area contributed by atoms with Crippen LogP contribution in [0, 0.1) is 0 Å². The van der Waals surface area contributed by atoms with E-state index in [1.165, 1.54) is 0 Å². The van der Waals surface area contributed by atoms with E-state index >= 15 is 0 Å². The highest BCUT2D eigenvalue weighted by Crippen LogP contribution is 2.30. The van der Waals surface area contributed by atoms with E-state index in [1.54, 1.807) is 69.2 Å². The first-order valence-electron chi connectivity index (χ1n) is 39.9. The Balaban J connectivity index is 0.000000686. The quantitative estimate of drug-likeness (QED) is 0.0363. The van der Waals surface area contributed by atoms with Crippen molar-refractivity contribution in [3.63, 3.8) is 0 Å². The highest BCUT2D eigenvalue weighted by molar-refractivity contribution is 4.95. The fraction of sp³-hybridized carbons (Fsp3) is 1.00. The van der Waals surface area contributed by atoms with Crippen LogP contribution < -0.4 is 0 Å². The summed E-state index contributed by atoms with van der Waals surface area (Å²) < 4.78 is 82.3. The molecule has 0 aromatic carbocycles. The minimum Gasteiger partial charge on any atom is -0.394 e. The van der Waals surface area contributed by atoms with E-state index in [9.17, 15) is 123 Å². The minimum absolute atomic E-state index is 0.138. The third-order valence-corrected chi connectivity index (χ3v) is 19.4. The van der Waals surface area contributed by atoms with Gasteiger partial charge in [-0.15, -0.1) is 0 Å². The zero-order valence-electron chi connectivity index (χ0n) is 69.7. The first kappa shape index (κ1) is 116. The molecular formula is C72H144O48. The van der Waals surface area contributed by atoms with Crippen molar-refractivity contribution < 1.29 is 239 Å². The lowest BCUT2D eigenvalue weighted by atomic mass is 9.99. The van der Waals surface area contributed by atoms with E-state index in [-0.39, 0.29) is 30.5 Å². The van der Waals surface area contributed by atoms with Gasteiger partial charge in [0.15, 0.2) is 50.3 Å². The van der Waals surface area contributed by atoms with Crippen molar-refractivity contribution in [1.29, 1.82) is 0 Å². The van der Waals surface area contributed by atoms with Gasteiger partial charge in [0.25, 0.3) is 0 Å². The molecule has 0 aliphatic carbocycles. The van der Waals surface area contributed by atoms with Crippen LogP contribution in [0.4, 0.5) is 0 Å². The van der Waals surface area contributed by atoms with Gasteiger partial charge in [-0.25, -0.2) is 0 Å². The zero-order valence-corrected chi connectivity index (χ0v) is 69.7. The molecule has 8 rings (SSSR count). The van der Waals surface area contributed by atoms with Gasteiger partial charge in [0.1, 0.15) is 195 Å². The molecule has 48 nitrogen and oxygen atoms in total. The standard InChI is InChI=1S/3C10H20O6.2C9H18O6.3C8H16O6/c3*1-3-5(2)15-10-9(14)8(13)7(12)6(4-11)16-10;2*1-4(2)14-9-8(13)7(12)6(11)5(3-10)15-9;3*1-2-13-8-7(12)6(11)5(10)4(3-9)14-8/h3*5-14H,3-4H2,1-2H3;2*4-13H,3H2,1-2H3;3*4-12H,2-3H2,1H3/t2*5?,6?,7-,8+,9?,10+;5?,6?,7-,8-,9?,10-;2*5?,6-,7+,8?,9+;2*4?,5-,6+,7?,8+;4?,5-,6-,7?,8-/m11011110/s1. The van der Waals surface area contributed by atoms with Crippen LogP contribution in [0.2, 0.25) is 0 Å². The van der Waals surface area contributed by atoms with Gasteiger partial charge in [-0.1, -0.05) is 20.8 Å². The molecule has 8 saturated heterocycles. The molecule has 0 radical (unpaired) electrons. The second-order valence-electron chi connectivity index (χ2n) is 29.4. The average molecular weight is 1780 g/mol. The van der Waals surface area contributed by atoms with E-state index in [1.807, 2.05) is 20.8 Å². The van der Waals surface area contributed by atoms with Crippen LogP contribution in [0.5, 0.6) is 0 Å². The van der Waals surface area contributed by atoms with Crippen LogP contribution in [0.15, 0.2) is 0 Å². The number of hydrogen-bond donors (Lipinski definition) is 32. The highest BCUT2D eigenvalue weighted by atomic mass is 16.8. The molecular weight excluding hydrogens is 1630 g/mol. The predicted octanol–water partition coefficient (Wildman–Crippen LogP) is -14.3. The summed E-state index contributed by atoms with van der Waals surface area (Å²) in [5.74, 6) is 0. The molecule has 0 aromatic rings. The Labute approximate surface area is 695 Å². The maximum Gasteiger partial charge on any atom is 0.186 e. The summed E-state index contributed by atoms with van der Waals surface area (Å²) in [5, 5.41) is 298. The Bertz CT molecular complexity index is 2280. The Morgan fingerprint density at radius 1 is 0.183 bits per heavy atom. The van der Waals surface area contributed by atoms with Crippen LogP contribution >= 0.6 is 0 Å². The van der Waals surface area contributed by atoms with Gasteiger partial charge in [0, 0.05) is 19.8 Å². The third-order valence-electron chi connectivity index (χ3n) is 19.4. The van der Waals surface area contributed by atoms with Crippen LogP contribution in [-0.4, -0.2) is 512 Å². The summed E-state index contributed by atoms with van der Waals surface area (Å²) in [6.45, 7) is 20.7. The van der Waals surface area contributed by atoms with Gasteiger partial charge in [0.2, 0.25) is 0 Å². The highest BCUT2D eigenvalue weighted by Gasteiger charge is 2.51. The SMILES string of the molecule is CC(C)O[C@H]1OC(CO)[C@@H](O)[C@H](O)C1O.CC(C)O[C@H]1OC(CO)[C@@H](O)[C@H](O)C1O.CCC(C)O[C@H]1OC(CO)[C@@H](O)[C@H](O)C1O.CCC(C)O[C@H]1OC(CO)[C@@H](O)[C@H](O)C1O.CCC(C)O[C@H]1OC(CO)[C@H](O)[C@H](O)C1O.CCO[C@H]1OC(CO)[C@@H](O)[C@H](O)C1O.CCO[C@H]1OC(CO)[C@@H](O)[C@H](O)C1O.CCO[C@H]1OC(CO)[C@H](O)[C@H](O)C1O. The molecule has 120 heavy (non-hydrogen) atoms. The van der Waals surface area contributed by atoms with Crippen LogP contribution in [0.1, 0.15) is 109 Å². The topological polar surface area (TPSA) is 795 Å². The molecule has 43 atom stereocenters. The van der Waals surface area contributed by atoms with Gasteiger partial charge in [-0.05, 0) is 88.5 Å². The second kappa shape index (κ2) is 59.3. The number of hydrogen-bond acceptors (Lipinski definition) is 48. The maximum atomic E-state index is 9.62. The smallest absolute Gasteiger partial charge is 0.186 e. The van der Waals surface area contributed by atoms with Crippen molar-refractivity contribution in [2.45, 2.75) is 385 Å². The molecule has 720 valence electrons. The van der Waals surface area contributed by atoms with Crippen molar-refractivity contribution in [3.8, 4) is 0 Å². The van der Waals surface area contributed by atoms with Crippen molar-refractivity contribution >= 4 is 0 Å². The summed E-state index contributed by atoms with van der Waals surface area (Å²) in [6.07, 6.45) is -46.1. The number of ether oxygens (including phenoxy) is 16. The molecule has 32 N–H and O–H groups in total. The van der Waals surface area contributed by atoms with Crippen LogP contribution in [-0.2, 0) is 75.8 Å². The minimum atomic E-state index is -1.38. The van der Waals surface area contributed by atoms with Gasteiger partial charge >= 0.3 is 0 Å². The monoisotopic (exact) mass is 1780 g/mol. The molecule has 19 unspecified atom stereocenters. The lowest BCUT2D eigenvalue weighted by Gasteiger charge is -2.40. The predicted molar refractivity (Wildman–Crippen MR) is 400 cm³/mol. The Hall–Kier alpha value is -1.92. The van der Waals surface area contributed by atoms with Crippen molar-refractivity contribution in [1.82, 2.24) is 0 Å². The lowest BCUT2D eigenvalue weighted by molar-refractivity contribution is -0.310. The Kier molecular flexibility index (Phi) is 57.4. The normalized spacial score (nSPS) is 42.7. The van der Waals surface area contributed by atoms with E-state index < -0.39 is 299 Å². The van der Waals surface area contributed by atoms with Gasteiger partial charge in [-0.2, -0.15) is 0 Å². The Morgan fingerprint density at radius 2 is 0.308 bits per heavy atom. The molecule has 0 aromatic heterocycles. The van der Waals surface area contributed by atoms with E-state index in [4.69, 9.17) is 117 Å². The molecule has 8 heterocycles. The average Bonchev–Trinajstić information content (AvgIpc) is 0.778. The molecule has 48 heteroatoms. The van der Waals surface area contributed by atoms with Crippen LogP contribution in [0.25, 0.3) is 0 Å². The fourth-order valence-electron chi connectivity index (χ4n) is 11.5. The molecule has 0 saturated carbocycles. The van der Waals surface area contributed by atoms with Crippen molar-refractivity contribution in [2.24, 2.45) is 0 Å². The van der Waals surface area contributed by atoms with Crippen molar-refractivity contribution in [2.75, 3.05) is 72.7 Å². The van der Waals surface area contributed by atoms with Gasteiger partial charge in [-0.3, -0.25) is 0 Å². The van der Waals surface area contributed by atoms with E-state index in [2.05, 4.69) is 0 Å². The first-order chi connectivity index (χ1) is 56.3. The summed E-state index contributed by atoms with van der Waals surface area (Å²) in [7, 11) is 0. The summed E-state index contributed by atoms with van der Waals surface area (Å²) in [6, 6.07) is 0. The molecule has 0 amide bonds. The van der Waals surface area contributed by atoms with Crippen LogP contribution in [0.3, 0.4) is 0 Å². The number of aliphatic hydroxyl groups is 32. The van der Waals surface area contributed by atoms with Crippen molar-refractivity contribution in [3.05, 3.63) is 0 Å². The second-order valence-corrected chi connectivity index (χ2v) is 29.4. The zero-order chi connectivity index (χ0) is 92.2. The summed E-state index contributed by atoms with van der Waals surface area (Å²) in [5.41, 5.74) is 0. The lowest BCUT2D eigenvalue weighted by Crippen LogP contribution is -2.59. The third kappa shape index (κ3) is 35.2. The van der Waals surface area contributed by atoms with Gasteiger partial charge in [0.05, 0.1) is 83.4 Å². The molecule has 8 aliphatic rings. The van der Waals surface area contributed by atoms with Gasteiger partial charge < -0.3 is 239 Å². The number of aliphatic hydroxyl groups excluding tert-OH is 32. The molecule has 0 spiro atoms. The van der Waals surface area contributed by atoms with E-state index in [0.717, 1.165) is 19.3 Å².